The predicted octanol–water partition coefficient (Wildman–Crippen LogP) is 2.74. The maximum Gasteiger partial charge on any atom is 0.310 e. The second-order valence-corrected chi connectivity index (χ2v) is 5.20. The third-order valence-electron chi connectivity index (χ3n) is 2.79. The number of ketones is 1. The molecule has 1 aliphatic rings. The maximum atomic E-state index is 12.3. The van der Waals surface area contributed by atoms with Crippen LogP contribution in [0.15, 0.2) is 22.7 Å². The first-order valence-electron chi connectivity index (χ1n) is 5.65. The fourth-order valence-corrected chi connectivity index (χ4v) is 2.31. The lowest BCUT2D eigenvalue weighted by Crippen LogP contribution is -2.39. The molecular formula is C13H13BrO4. The van der Waals surface area contributed by atoms with Crippen molar-refractivity contribution >= 4 is 27.7 Å². The van der Waals surface area contributed by atoms with Gasteiger partial charge in [-0.2, -0.15) is 0 Å². The highest BCUT2D eigenvalue weighted by atomic mass is 79.9. The van der Waals surface area contributed by atoms with Crippen LogP contribution >= 0.6 is 15.9 Å². The van der Waals surface area contributed by atoms with Gasteiger partial charge in [-0.1, -0.05) is 15.9 Å². The Morgan fingerprint density at radius 3 is 2.89 bits per heavy atom. The molecule has 2 rings (SSSR count). The van der Waals surface area contributed by atoms with E-state index in [4.69, 9.17) is 9.47 Å². The lowest BCUT2D eigenvalue weighted by molar-refractivity contribution is -0.146. The van der Waals surface area contributed by atoms with Crippen LogP contribution in [0, 0.1) is 0 Å². The van der Waals surface area contributed by atoms with Gasteiger partial charge in [0.05, 0.1) is 18.6 Å². The first kappa shape index (κ1) is 13.1. The number of halogens is 1. The number of carbonyl (C=O) groups is 2. The topological polar surface area (TPSA) is 52.6 Å². The van der Waals surface area contributed by atoms with Crippen molar-refractivity contribution in [3.05, 3.63) is 28.2 Å². The Hall–Kier alpha value is -1.36. The summed E-state index contributed by atoms with van der Waals surface area (Å²) in [6, 6.07) is 5.21. The standard InChI is InChI=1S/C13H13BrO4/c1-3-17-11(15)7-13(2)12(16)9-6-8(14)4-5-10(9)18-13/h4-6H,3,7H2,1-2H3/t13-/m1/s1. The molecule has 18 heavy (non-hydrogen) atoms. The van der Waals surface area contributed by atoms with Gasteiger partial charge in [0.15, 0.2) is 5.60 Å². The molecule has 96 valence electrons. The SMILES string of the molecule is CCOC(=O)C[C@@]1(C)Oc2ccc(Br)cc2C1=O. The Bertz CT molecular complexity index is 512. The smallest absolute Gasteiger partial charge is 0.310 e. The van der Waals surface area contributed by atoms with E-state index in [1.807, 2.05) is 0 Å². The van der Waals surface area contributed by atoms with Crippen LogP contribution in [0.5, 0.6) is 5.75 Å². The first-order valence-corrected chi connectivity index (χ1v) is 6.44. The predicted molar refractivity (Wildman–Crippen MR) is 68.8 cm³/mol. The van der Waals surface area contributed by atoms with Gasteiger partial charge in [0.2, 0.25) is 5.78 Å². The van der Waals surface area contributed by atoms with Gasteiger partial charge >= 0.3 is 5.97 Å². The number of Topliss-reactive ketones (excluding diaryl/α,β-unsaturated/α-hetero) is 1. The van der Waals surface area contributed by atoms with Gasteiger partial charge in [-0.25, -0.2) is 0 Å². The van der Waals surface area contributed by atoms with Gasteiger partial charge < -0.3 is 9.47 Å². The van der Waals surface area contributed by atoms with Crippen molar-refractivity contribution in [2.24, 2.45) is 0 Å². The minimum atomic E-state index is -1.16. The van der Waals surface area contributed by atoms with Gasteiger partial charge in [0.25, 0.3) is 0 Å². The van der Waals surface area contributed by atoms with Gasteiger partial charge in [-0.3, -0.25) is 9.59 Å². The molecule has 0 spiro atoms. The second-order valence-electron chi connectivity index (χ2n) is 4.28. The quantitative estimate of drug-likeness (QED) is 0.805. The number of carbonyl (C=O) groups excluding carboxylic acids is 2. The Labute approximate surface area is 113 Å². The van der Waals surface area contributed by atoms with Crippen molar-refractivity contribution in [1.29, 1.82) is 0 Å². The van der Waals surface area contributed by atoms with Crippen LogP contribution in [0.1, 0.15) is 30.6 Å². The molecule has 1 heterocycles. The molecule has 0 aliphatic carbocycles. The summed E-state index contributed by atoms with van der Waals surface area (Å²) in [4.78, 5) is 23.8. The molecule has 4 nitrogen and oxygen atoms in total. The van der Waals surface area contributed by atoms with Crippen molar-refractivity contribution in [2.75, 3.05) is 6.61 Å². The van der Waals surface area contributed by atoms with E-state index in [1.54, 1.807) is 32.0 Å². The fraction of sp³-hybridized carbons (Fsp3) is 0.385. The molecular weight excluding hydrogens is 300 g/mol. The van der Waals surface area contributed by atoms with Crippen molar-refractivity contribution in [3.63, 3.8) is 0 Å². The van der Waals surface area contributed by atoms with Crippen molar-refractivity contribution < 1.29 is 19.1 Å². The molecule has 0 N–H and O–H groups in total. The van der Waals surface area contributed by atoms with E-state index in [9.17, 15) is 9.59 Å². The van der Waals surface area contributed by atoms with Crippen LogP contribution in [0.2, 0.25) is 0 Å². The molecule has 1 aromatic rings. The molecule has 1 aromatic carbocycles. The number of fused-ring (bicyclic) bond motifs is 1. The van der Waals surface area contributed by atoms with Crippen LogP contribution < -0.4 is 4.74 Å². The summed E-state index contributed by atoms with van der Waals surface area (Å²) in [5, 5.41) is 0. The first-order chi connectivity index (χ1) is 8.46. The third kappa shape index (κ3) is 2.27. The van der Waals surface area contributed by atoms with Gasteiger partial charge in [0, 0.05) is 4.47 Å². The zero-order valence-corrected chi connectivity index (χ0v) is 11.7. The Balaban J connectivity index is 2.24. The van der Waals surface area contributed by atoms with E-state index in [2.05, 4.69) is 15.9 Å². The Kier molecular flexibility index (Phi) is 3.43. The lowest BCUT2D eigenvalue weighted by atomic mass is 9.94. The summed E-state index contributed by atoms with van der Waals surface area (Å²) in [5.41, 5.74) is -0.661. The lowest BCUT2D eigenvalue weighted by Gasteiger charge is -2.20. The molecule has 0 amide bonds. The van der Waals surface area contributed by atoms with E-state index in [0.717, 1.165) is 4.47 Å². The normalized spacial score (nSPS) is 21.4. The van der Waals surface area contributed by atoms with E-state index in [0.29, 0.717) is 17.9 Å². The Morgan fingerprint density at radius 1 is 1.50 bits per heavy atom. The summed E-state index contributed by atoms with van der Waals surface area (Å²) in [6.07, 6.45) is -0.0774. The number of esters is 1. The number of benzene rings is 1. The summed E-state index contributed by atoms with van der Waals surface area (Å²) in [7, 11) is 0. The van der Waals surface area contributed by atoms with Crippen LogP contribution in [-0.4, -0.2) is 24.0 Å². The van der Waals surface area contributed by atoms with E-state index in [1.165, 1.54) is 0 Å². The van der Waals surface area contributed by atoms with E-state index in [-0.39, 0.29) is 12.2 Å². The molecule has 0 radical (unpaired) electrons. The van der Waals surface area contributed by atoms with Gasteiger partial charge in [-0.15, -0.1) is 0 Å². The highest BCUT2D eigenvalue weighted by molar-refractivity contribution is 9.10. The minimum Gasteiger partial charge on any atom is -0.478 e. The molecule has 0 fully saturated rings. The van der Waals surface area contributed by atoms with Crippen LogP contribution in [0.4, 0.5) is 0 Å². The number of hydrogen-bond donors (Lipinski definition) is 0. The van der Waals surface area contributed by atoms with E-state index >= 15 is 0 Å². The van der Waals surface area contributed by atoms with Crippen LogP contribution in [0.25, 0.3) is 0 Å². The fourth-order valence-electron chi connectivity index (χ4n) is 1.95. The van der Waals surface area contributed by atoms with Gasteiger partial charge in [0.1, 0.15) is 5.75 Å². The summed E-state index contributed by atoms with van der Waals surface area (Å²) in [5.74, 6) is -0.109. The maximum absolute atomic E-state index is 12.3. The molecule has 0 aromatic heterocycles. The zero-order chi connectivity index (χ0) is 13.3. The zero-order valence-electron chi connectivity index (χ0n) is 10.2. The summed E-state index contributed by atoms with van der Waals surface area (Å²) < 4.78 is 11.3. The Morgan fingerprint density at radius 2 is 2.22 bits per heavy atom. The summed E-state index contributed by atoms with van der Waals surface area (Å²) in [6.45, 7) is 3.63. The molecule has 1 aliphatic heterocycles. The molecule has 5 heteroatoms. The highest BCUT2D eigenvalue weighted by Crippen LogP contribution is 2.38. The largest absolute Gasteiger partial charge is 0.478 e. The molecule has 0 bridgehead atoms. The summed E-state index contributed by atoms with van der Waals surface area (Å²) >= 11 is 3.31. The van der Waals surface area contributed by atoms with Crippen molar-refractivity contribution in [3.8, 4) is 5.75 Å². The van der Waals surface area contributed by atoms with Gasteiger partial charge in [-0.05, 0) is 32.0 Å². The number of rotatable bonds is 3. The average Bonchev–Trinajstić information content (AvgIpc) is 2.52. The van der Waals surface area contributed by atoms with Crippen LogP contribution in [0.3, 0.4) is 0 Å². The third-order valence-corrected chi connectivity index (χ3v) is 3.28. The van der Waals surface area contributed by atoms with Crippen molar-refractivity contribution in [2.45, 2.75) is 25.9 Å². The molecule has 0 saturated carbocycles. The minimum absolute atomic E-state index is 0.0774. The molecule has 0 unspecified atom stereocenters. The molecule has 1 atom stereocenters. The monoisotopic (exact) mass is 312 g/mol. The molecule has 0 saturated heterocycles. The number of hydrogen-bond acceptors (Lipinski definition) is 4. The van der Waals surface area contributed by atoms with E-state index < -0.39 is 11.6 Å². The average molecular weight is 313 g/mol. The van der Waals surface area contributed by atoms with Crippen LogP contribution in [-0.2, 0) is 9.53 Å². The number of ether oxygens (including phenoxy) is 2. The highest BCUT2D eigenvalue weighted by Gasteiger charge is 2.45. The second kappa shape index (κ2) is 4.72. The van der Waals surface area contributed by atoms with Crippen molar-refractivity contribution in [1.82, 2.24) is 0 Å².